The zero-order valence-corrected chi connectivity index (χ0v) is 14.3. The predicted molar refractivity (Wildman–Crippen MR) is 90.1 cm³/mol. The highest BCUT2D eigenvalue weighted by atomic mass is 35.5. The number of allylic oxidation sites excluding steroid dienone is 4. The van der Waals surface area contributed by atoms with Crippen molar-refractivity contribution in [1.29, 1.82) is 0 Å². The molecule has 3 nitrogen and oxygen atoms in total. The van der Waals surface area contributed by atoms with E-state index in [2.05, 4.69) is 6.08 Å². The number of halogens is 1. The quantitative estimate of drug-likeness (QED) is 0.558. The first-order chi connectivity index (χ1) is 10.7. The van der Waals surface area contributed by atoms with Crippen molar-refractivity contribution in [2.24, 2.45) is 0 Å². The van der Waals surface area contributed by atoms with Crippen molar-refractivity contribution in [3.63, 3.8) is 0 Å². The molecule has 0 aromatic carbocycles. The van der Waals surface area contributed by atoms with Gasteiger partial charge >= 0.3 is 0 Å². The first-order valence-electron chi connectivity index (χ1n) is 8.59. The van der Waals surface area contributed by atoms with Crippen LogP contribution in [-0.4, -0.2) is 35.1 Å². The first-order valence-corrected chi connectivity index (χ1v) is 9.03. The van der Waals surface area contributed by atoms with Crippen molar-refractivity contribution in [2.45, 2.75) is 81.7 Å². The molecule has 1 aliphatic carbocycles. The second-order valence-corrected chi connectivity index (χ2v) is 7.05. The van der Waals surface area contributed by atoms with Gasteiger partial charge in [0.1, 0.15) is 0 Å². The Morgan fingerprint density at radius 1 is 1.14 bits per heavy atom. The van der Waals surface area contributed by atoms with E-state index >= 15 is 0 Å². The number of alkyl halides is 1. The summed E-state index contributed by atoms with van der Waals surface area (Å²) < 4.78 is 12.5. The minimum Gasteiger partial charge on any atom is -0.396 e. The maximum Gasteiger partial charge on any atom is 0.169 e. The molecule has 1 saturated carbocycles. The van der Waals surface area contributed by atoms with Gasteiger partial charge in [-0.1, -0.05) is 30.7 Å². The molecule has 2 aliphatic rings. The van der Waals surface area contributed by atoms with Crippen molar-refractivity contribution in [3.8, 4) is 0 Å². The Morgan fingerprint density at radius 3 is 2.45 bits per heavy atom. The molecule has 0 aromatic heterocycles. The summed E-state index contributed by atoms with van der Waals surface area (Å²) in [5.41, 5.74) is 0. The molecule has 1 spiro atoms. The van der Waals surface area contributed by atoms with E-state index in [9.17, 15) is 5.11 Å². The molecule has 1 heterocycles. The fourth-order valence-corrected chi connectivity index (χ4v) is 3.41. The number of hydrogen-bond acceptors (Lipinski definition) is 3. The van der Waals surface area contributed by atoms with Crippen LogP contribution in [0.2, 0.25) is 0 Å². The largest absolute Gasteiger partial charge is 0.396 e. The van der Waals surface area contributed by atoms with E-state index in [-0.39, 0.29) is 30.0 Å². The Labute approximate surface area is 139 Å². The number of ether oxygens (including phenoxy) is 2. The van der Waals surface area contributed by atoms with Crippen molar-refractivity contribution in [2.75, 3.05) is 6.61 Å². The summed E-state index contributed by atoms with van der Waals surface area (Å²) in [5.74, 6) is -0.361. The Morgan fingerprint density at radius 2 is 1.82 bits per heavy atom. The normalized spacial score (nSPS) is 29.8. The van der Waals surface area contributed by atoms with E-state index in [0.29, 0.717) is 6.42 Å². The highest BCUT2D eigenvalue weighted by molar-refractivity contribution is 6.21. The maximum atomic E-state index is 9.25. The van der Waals surface area contributed by atoms with Crippen molar-refractivity contribution < 1.29 is 14.6 Å². The number of aliphatic hydroxyl groups is 1. The van der Waals surface area contributed by atoms with E-state index in [1.807, 2.05) is 25.2 Å². The summed E-state index contributed by atoms with van der Waals surface area (Å²) in [6.07, 6.45) is 16.4. The third kappa shape index (κ3) is 5.38. The minimum absolute atomic E-state index is 0.0370. The van der Waals surface area contributed by atoms with Crippen LogP contribution in [0.25, 0.3) is 0 Å². The lowest BCUT2D eigenvalue weighted by Gasteiger charge is -2.32. The topological polar surface area (TPSA) is 38.7 Å². The second kappa shape index (κ2) is 9.07. The van der Waals surface area contributed by atoms with Gasteiger partial charge in [0.25, 0.3) is 0 Å². The summed E-state index contributed by atoms with van der Waals surface area (Å²) in [6.45, 7) is 2.10. The molecule has 2 fully saturated rings. The zero-order chi connectivity index (χ0) is 15.8. The molecule has 1 aliphatic heterocycles. The molecule has 1 N–H and O–H groups in total. The lowest BCUT2D eigenvalue weighted by atomic mass is 9.94. The van der Waals surface area contributed by atoms with Gasteiger partial charge in [-0.25, -0.2) is 0 Å². The van der Waals surface area contributed by atoms with Crippen LogP contribution >= 0.6 is 11.6 Å². The molecule has 1 saturated heterocycles. The molecule has 0 bridgehead atoms. The van der Waals surface area contributed by atoms with Crippen molar-refractivity contribution >= 4 is 11.6 Å². The van der Waals surface area contributed by atoms with E-state index in [0.717, 1.165) is 25.7 Å². The fraction of sp³-hybridized carbons (Fsp3) is 0.778. The van der Waals surface area contributed by atoms with Gasteiger partial charge in [-0.3, -0.25) is 0 Å². The van der Waals surface area contributed by atoms with Crippen LogP contribution in [0.4, 0.5) is 0 Å². The average molecular weight is 329 g/mol. The minimum atomic E-state index is -0.361. The SMILES string of the molecule is CC(Cl)/C=C\C=C/CC[C@H]1OC2(CCCCC2)O[C@@H]1CCO. The van der Waals surface area contributed by atoms with Crippen LogP contribution in [0.1, 0.15) is 58.3 Å². The lowest BCUT2D eigenvalue weighted by Crippen LogP contribution is -2.33. The summed E-state index contributed by atoms with van der Waals surface area (Å²) in [6, 6.07) is 0. The van der Waals surface area contributed by atoms with Gasteiger partial charge in [-0.05, 0) is 39.0 Å². The van der Waals surface area contributed by atoms with E-state index in [1.165, 1.54) is 19.3 Å². The third-order valence-electron chi connectivity index (χ3n) is 4.42. The predicted octanol–water partition coefficient (Wildman–Crippen LogP) is 4.33. The number of aliphatic hydroxyl groups excluding tert-OH is 1. The Balaban J connectivity index is 1.82. The summed E-state index contributed by atoms with van der Waals surface area (Å²) in [4.78, 5) is 0. The molecule has 0 aromatic rings. The Hall–Kier alpha value is -0.350. The molecule has 3 atom stereocenters. The standard InChI is InChI=1S/C18H29ClO3/c1-15(19)9-5-2-3-6-10-16-17(11-14-20)22-18(21-16)12-7-4-8-13-18/h2-3,5,9,15-17,20H,4,6-8,10-14H2,1H3/b3-2-,9-5-/t15?,16-,17-/m1/s1. The van der Waals surface area contributed by atoms with E-state index < -0.39 is 0 Å². The van der Waals surface area contributed by atoms with Gasteiger partial charge in [-0.15, -0.1) is 11.6 Å². The van der Waals surface area contributed by atoms with Crippen LogP contribution < -0.4 is 0 Å². The Kier molecular flexibility index (Phi) is 7.42. The molecule has 0 amide bonds. The molecule has 126 valence electrons. The van der Waals surface area contributed by atoms with Gasteiger partial charge in [0, 0.05) is 24.8 Å². The maximum absolute atomic E-state index is 9.25. The summed E-state index contributed by atoms with van der Waals surface area (Å²) >= 11 is 5.85. The van der Waals surface area contributed by atoms with Crippen LogP contribution in [0.3, 0.4) is 0 Å². The lowest BCUT2D eigenvalue weighted by molar-refractivity contribution is -0.195. The van der Waals surface area contributed by atoms with Gasteiger partial charge in [0.15, 0.2) is 5.79 Å². The van der Waals surface area contributed by atoms with Gasteiger partial charge < -0.3 is 14.6 Å². The Bertz CT molecular complexity index is 373. The molecule has 2 rings (SSSR count). The second-order valence-electron chi connectivity index (χ2n) is 6.36. The molecular formula is C18H29ClO3. The van der Waals surface area contributed by atoms with Gasteiger partial charge in [-0.2, -0.15) is 0 Å². The number of rotatable bonds is 7. The van der Waals surface area contributed by atoms with Crippen LogP contribution in [-0.2, 0) is 9.47 Å². The monoisotopic (exact) mass is 328 g/mol. The molecule has 0 radical (unpaired) electrons. The first kappa shape index (κ1) is 18.0. The highest BCUT2D eigenvalue weighted by Gasteiger charge is 2.47. The molecule has 4 heteroatoms. The molecule has 1 unspecified atom stereocenters. The van der Waals surface area contributed by atoms with Gasteiger partial charge in [0.05, 0.1) is 12.2 Å². The van der Waals surface area contributed by atoms with Crippen LogP contribution in [0, 0.1) is 0 Å². The summed E-state index contributed by atoms with van der Waals surface area (Å²) in [5, 5.41) is 9.32. The highest BCUT2D eigenvalue weighted by Crippen LogP contribution is 2.42. The van der Waals surface area contributed by atoms with Gasteiger partial charge in [0.2, 0.25) is 0 Å². The third-order valence-corrected chi connectivity index (χ3v) is 4.56. The van der Waals surface area contributed by atoms with E-state index in [4.69, 9.17) is 21.1 Å². The summed E-state index contributed by atoms with van der Waals surface area (Å²) in [7, 11) is 0. The van der Waals surface area contributed by atoms with Crippen molar-refractivity contribution in [3.05, 3.63) is 24.3 Å². The zero-order valence-electron chi connectivity index (χ0n) is 13.5. The van der Waals surface area contributed by atoms with E-state index in [1.54, 1.807) is 0 Å². The van der Waals surface area contributed by atoms with Crippen LogP contribution in [0.15, 0.2) is 24.3 Å². The smallest absolute Gasteiger partial charge is 0.169 e. The molecular weight excluding hydrogens is 300 g/mol. The van der Waals surface area contributed by atoms with Crippen LogP contribution in [0.5, 0.6) is 0 Å². The average Bonchev–Trinajstić information content (AvgIpc) is 2.81. The number of hydrogen-bond donors (Lipinski definition) is 1. The van der Waals surface area contributed by atoms with Crippen molar-refractivity contribution in [1.82, 2.24) is 0 Å². The molecule has 22 heavy (non-hydrogen) atoms. The fourth-order valence-electron chi connectivity index (χ4n) is 3.33.